The third-order valence-electron chi connectivity index (χ3n) is 5.79. The SMILES string of the molecule is CCOC(=O)CC1CN(S(=O)(=O)c2cccc3cccnc23)CCN1Cc1ccc(F)cc1. The molecule has 4 rings (SSSR count). The molecule has 0 radical (unpaired) electrons. The maximum absolute atomic E-state index is 13.6. The summed E-state index contributed by atoms with van der Waals surface area (Å²) in [7, 11) is -3.83. The van der Waals surface area contributed by atoms with Crippen molar-refractivity contribution in [2.24, 2.45) is 0 Å². The standard InChI is InChI=1S/C24H26FN3O4S/c1-2-32-23(29)15-21-17-28(14-13-27(21)16-18-8-10-20(25)11-9-18)33(30,31)22-7-3-5-19-6-4-12-26-24(19)22/h3-12,21H,2,13-17H2,1H3. The average Bonchev–Trinajstić information content (AvgIpc) is 2.81. The van der Waals surface area contributed by atoms with Gasteiger partial charge in [0, 0.05) is 43.8 Å². The Bertz CT molecular complexity index is 1230. The summed E-state index contributed by atoms with van der Waals surface area (Å²) in [6.07, 6.45) is 1.64. The minimum atomic E-state index is -3.83. The molecule has 0 saturated carbocycles. The van der Waals surface area contributed by atoms with Gasteiger partial charge in [0.25, 0.3) is 0 Å². The highest BCUT2D eigenvalue weighted by Crippen LogP contribution is 2.27. The van der Waals surface area contributed by atoms with Gasteiger partial charge in [0.2, 0.25) is 10.0 Å². The number of rotatable bonds is 7. The number of sulfonamides is 1. The second kappa shape index (κ2) is 9.94. The Morgan fingerprint density at radius 3 is 2.64 bits per heavy atom. The molecule has 0 amide bonds. The van der Waals surface area contributed by atoms with Crippen LogP contribution >= 0.6 is 0 Å². The largest absolute Gasteiger partial charge is 0.466 e. The first-order valence-corrected chi connectivity index (χ1v) is 12.3. The van der Waals surface area contributed by atoms with Crippen LogP contribution in [0.15, 0.2) is 65.7 Å². The van der Waals surface area contributed by atoms with E-state index in [0.717, 1.165) is 10.9 Å². The molecule has 2 aromatic carbocycles. The average molecular weight is 472 g/mol. The number of halogens is 1. The quantitative estimate of drug-likeness (QED) is 0.493. The van der Waals surface area contributed by atoms with E-state index in [-0.39, 0.29) is 48.8 Å². The number of ether oxygens (including phenoxy) is 1. The summed E-state index contributed by atoms with van der Waals surface area (Å²) in [5.74, 6) is -0.695. The van der Waals surface area contributed by atoms with Crippen LogP contribution in [-0.4, -0.2) is 60.9 Å². The third kappa shape index (κ3) is 5.21. The summed E-state index contributed by atoms with van der Waals surface area (Å²) in [6, 6.07) is 14.5. The number of hydrogen-bond acceptors (Lipinski definition) is 6. The van der Waals surface area contributed by atoms with Crippen LogP contribution in [0.25, 0.3) is 10.9 Å². The van der Waals surface area contributed by atoms with Crippen LogP contribution < -0.4 is 0 Å². The highest BCUT2D eigenvalue weighted by molar-refractivity contribution is 7.89. The molecule has 1 saturated heterocycles. The summed E-state index contributed by atoms with van der Waals surface area (Å²) < 4.78 is 47.0. The monoisotopic (exact) mass is 471 g/mol. The molecule has 0 bridgehead atoms. The Labute approximate surface area is 192 Å². The number of aromatic nitrogens is 1. The van der Waals surface area contributed by atoms with Crippen molar-refractivity contribution in [2.75, 3.05) is 26.2 Å². The fraction of sp³-hybridized carbons (Fsp3) is 0.333. The van der Waals surface area contributed by atoms with E-state index in [2.05, 4.69) is 9.88 Å². The van der Waals surface area contributed by atoms with Crippen LogP contribution in [-0.2, 0) is 26.1 Å². The summed E-state index contributed by atoms with van der Waals surface area (Å²) in [5, 5.41) is 0.747. The number of hydrogen-bond donors (Lipinski definition) is 0. The number of piperazine rings is 1. The molecule has 2 heterocycles. The highest BCUT2D eigenvalue weighted by atomic mass is 32.2. The molecule has 0 spiro atoms. The maximum Gasteiger partial charge on any atom is 0.307 e. The van der Waals surface area contributed by atoms with Gasteiger partial charge in [-0.1, -0.05) is 30.3 Å². The summed E-state index contributed by atoms with van der Waals surface area (Å²) >= 11 is 0. The maximum atomic E-state index is 13.6. The van der Waals surface area contributed by atoms with Crippen LogP contribution in [0.5, 0.6) is 0 Å². The first-order chi connectivity index (χ1) is 15.9. The third-order valence-corrected chi connectivity index (χ3v) is 7.68. The molecule has 7 nitrogen and oxygen atoms in total. The van der Waals surface area contributed by atoms with Crippen molar-refractivity contribution in [3.8, 4) is 0 Å². The zero-order chi connectivity index (χ0) is 23.4. The van der Waals surface area contributed by atoms with Crippen LogP contribution in [0.2, 0.25) is 0 Å². The summed E-state index contributed by atoms with van der Waals surface area (Å²) in [5.41, 5.74) is 1.32. The molecule has 1 fully saturated rings. The van der Waals surface area contributed by atoms with Gasteiger partial charge in [-0.05, 0) is 36.8 Å². The topological polar surface area (TPSA) is 79.8 Å². The molecule has 33 heavy (non-hydrogen) atoms. The van der Waals surface area contributed by atoms with Crippen molar-refractivity contribution < 1.29 is 22.3 Å². The minimum Gasteiger partial charge on any atom is -0.466 e. The number of pyridine rings is 1. The van der Waals surface area contributed by atoms with Gasteiger partial charge in [0.15, 0.2) is 0 Å². The molecule has 3 aromatic rings. The van der Waals surface area contributed by atoms with Gasteiger partial charge in [-0.15, -0.1) is 0 Å². The lowest BCUT2D eigenvalue weighted by atomic mass is 10.1. The molecular weight excluding hydrogens is 445 g/mol. The van der Waals surface area contributed by atoms with E-state index in [0.29, 0.717) is 18.6 Å². The molecular formula is C24H26FN3O4S. The normalized spacial score (nSPS) is 17.8. The summed E-state index contributed by atoms with van der Waals surface area (Å²) in [6.45, 7) is 3.32. The van der Waals surface area contributed by atoms with E-state index in [9.17, 15) is 17.6 Å². The van der Waals surface area contributed by atoms with Crippen molar-refractivity contribution in [1.29, 1.82) is 0 Å². The fourth-order valence-corrected chi connectivity index (χ4v) is 5.78. The van der Waals surface area contributed by atoms with E-state index in [1.165, 1.54) is 16.4 Å². The number of carbonyl (C=O) groups is 1. The van der Waals surface area contributed by atoms with Crippen molar-refractivity contribution in [3.05, 3.63) is 72.2 Å². The predicted molar refractivity (Wildman–Crippen MR) is 122 cm³/mol. The van der Waals surface area contributed by atoms with E-state index in [4.69, 9.17) is 4.74 Å². The minimum absolute atomic E-state index is 0.0643. The second-order valence-electron chi connectivity index (χ2n) is 7.95. The number of benzene rings is 2. The lowest BCUT2D eigenvalue weighted by molar-refractivity contribution is -0.145. The fourth-order valence-electron chi connectivity index (χ4n) is 4.14. The second-order valence-corrected chi connectivity index (χ2v) is 9.86. The lowest BCUT2D eigenvalue weighted by Gasteiger charge is -2.40. The Hall–Kier alpha value is -2.88. The van der Waals surface area contributed by atoms with Gasteiger partial charge >= 0.3 is 5.97 Å². The van der Waals surface area contributed by atoms with Crippen LogP contribution in [0.3, 0.4) is 0 Å². The van der Waals surface area contributed by atoms with Crippen LogP contribution in [0.1, 0.15) is 18.9 Å². The van der Waals surface area contributed by atoms with Crippen LogP contribution in [0.4, 0.5) is 4.39 Å². The zero-order valence-corrected chi connectivity index (χ0v) is 19.2. The number of carbonyl (C=O) groups excluding carboxylic acids is 1. The number of para-hydroxylation sites is 1. The summed E-state index contributed by atoms with van der Waals surface area (Å²) in [4.78, 5) is 18.8. The van der Waals surface area contributed by atoms with Gasteiger partial charge in [-0.3, -0.25) is 14.7 Å². The van der Waals surface area contributed by atoms with E-state index in [1.807, 2.05) is 12.1 Å². The Morgan fingerprint density at radius 1 is 1.12 bits per heavy atom. The molecule has 1 atom stereocenters. The molecule has 1 aromatic heterocycles. The number of fused-ring (bicyclic) bond motifs is 1. The number of esters is 1. The van der Waals surface area contributed by atoms with Crippen molar-refractivity contribution in [1.82, 2.24) is 14.2 Å². The molecule has 0 aliphatic carbocycles. The van der Waals surface area contributed by atoms with Gasteiger partial charge in [0.1, 0.15) is 10.7 Å². The van der Waals surface area contributed by atoms with Gasteiger partial charge < -0.3 is 4.74 Å². The van der Waals surface area contributed by atoms with E-state index in [1.54, 1.807) is 43.5 Å². The molecule has 1 unspecified atom stereocenters. The van der Waals surface area contributed by atoms with Gasteiger partial charge in [0.05, 0.1) is 18.5 Å². The Balaban J connectivity index is 1.60. The Morgan fingerprint density at radius 2 is 1.88 bits per heavy atom. The smallest absolute Gasteiger partial charge is 0.307 e. The van der Waals surface area contributed by atoms with Crippen molar-refractivity contribution >= 4 is 26.9 Å². The van der Waals surface area contributed by atoms with Crippen molar-refractivity contribution in [3.63, 3.8) is 0 Å². The highest BCUT2D eigenvalue weighted by Gasteiger charge is 2.36. The molecule has 174 valence electrons. The number of nitrogens with zero attached hydrogens (tertiary/aromatic N) is 3. The van der Waals surface area contributed by atoms with E-state index >= 15 is 0 Å². The zero-order valence-electron chi connectivity index (χ0n) is 18.4. The molecule has 1 aliphatic rings. The van der Waals surface area contributed by atoms with Gasteiger partial charge in [-0.25, -0.2) is 12.8 Å². The Kier molecular flexibility index (Phi) is 7.02. The predicted octanol–water partition coefficient (Wildman–Crippen LogP) is 3.20. The lowest BCUT2D eigenvalue weighted by Crippen LogP contribution is -2.54. The molecule has 0 N–H and O–H groups in total. The van der Waals surface area contributed by atoms with E-state index < -0.39 is 10.0 Å². The van der Waals surface area contributed by atoms with Crippen LogP contribution in [0, 0.1) is 5.82 Å². The first-order valence-electron chi connectivity index (χ1n) is 10.9. The van der Waals surface area contributed by atoms with Gasteiger partial charge in [-0.2, -0.15) is 4.31 Å². The van der Waals surface area contributed by atoms with Crippen molar-refractivity contribution in [2.45, 2.75) is 30.8 Å². The molecule has 1 aliphatic heterocycles. The molecule has 9 heteroatoms. The first kappa shape index (κ1) is 23.3.